The molecule has 7 nitrogen and oxygen atoms in total. The molecule has 164 valence electrons. The van der Waals surface area contributed by atoms with Gasteiger partial charge < -0.3 is 14.4 Å². The monoisotopic (exact) mass is 422 g/mol. The highest BCUT2D eigenvalue weighted by Gasteiger charge is 2.27. The average molecular weight is 423 g/mol. The topological polar surface area (TPSA) is 69.0 Å². The lowest BCUT2D eigenvalue weighted by atomic mass is 9.95. The van der Waals surface area contributed by atoms with Gasteiger partial charge in [0.2, 0.25) is 0 Å². The highest BCUT2D eigenvalue weighted by atomic mass is 16.5. The maximum absolute atomic E-state index is 13.1. The van der Waals surface area contributed by atoms with Crippen molar-refractivity contribution in [2.24, 2.45) is 5.92 Å². The van der Waals surface area contributed by atoms with Crippen molar-refractivity contribution in [3.05, 3.63) is 54.0 Å². The lowest BCUT2D eigenvalue weighted by Gasteiger charge is -2.31. The minimum Gasteiger partial charge on any atom is -0.493 e. The third-order valence-corrected chi connectivity index (χ3v) is 5.85. The maximum Gasteiger partial charge on any atom is 0.253 e. The van der Waals surface area contributed by atoms with Crippen molar-refractivity contribution in [3.8, 4) is 11.5 Å². The zero-order chi connectivity index (χ0) is 21.8. The summed E-state index contributed by atoms with van der Waals surface area (Å²) in [7, 11) is 1.60. The number of rotatable bonds is 7. The van der Waals surface area contributed by atoms with Crippen LogP contribution in [-0.2, 0) is 0 Å². The zero-order valence-corrected chi connectivity index (χ0v) is 18.5. The number of amides is 1. The SMILES string of the molecule is COc1cc(C(=O)N2CCC(c3nnc4ccccn34)CC2)ccc1OCCC(C)C. The van der Waals surface area contributed by atoms with Crippen molar-refractivity contribution < 1.29 is 14.3 Å². The summed E-state index contributed by atoms with van der Waals surface area (Å²) >= 11 is 0. The molecule has 3 aromatic rings. The number of aromatic nitrogens is 3. The van der Waals surface area contributed by atoms with Crippen LogP contribution >= 0.6 is 0 Å². The number of hydrogen-bond acceptors (Lipinski definition) is 5. The van der Waals surface area contributed by atoms with Crippen LogP contribution in [0.3, 0.4) is 0 Å². The Morgan fingerprint density at radius 2 is 1.94 bits per heavy atom. The molecular weight excluding hydrogens is 392 g/mol. The van der Waals surface area contributed by atoms with E-state index in [1.54, 1.807) is 13.2 Å². The molecular formula is C24H30N4O3. The van der Waals surface area contributed by atoms with Gasteiger partial charge in [-0.2, -0.15) is 0 Å². The fourth-order valence-electron chi connectivity index (χ4n) is 3.99. The second kappa shape index (κ2) is 9.37. The number of nitrogens with zero attached hydrogens (tertiary/aromatic N) is 4. The second-order valence-electron chi connectivity index (χ2n) is 8.45. The minimum atomic E-state index is 0.0246. The van der Waals surface area contributed by atoms with Crippen LogP contribution in [0.2, 0.25) is 0 Å². The number of fused-ring (bicyclic) bond motifs is 1. The lowest BCUT2D eigenvalue weighted by molar-refractivity contribution is 0.0710. The van der Waals surface area contributed by atoms with Crippen molar-refractivity contribution in [1.82, 2.24) is 19.5 Å². The van der Waals surface area contributed by atoms with Crippen LogP contribution in [0.15, 0.2) is 42.6 Å². The number of methoxy groups -OCH3 is 1. The highest BCUT2D eigenvalue weighted by molar-refractivity contribution is 5.95. The van der Waals surface area contributed by atoms with Crippen LogP contribution in [0.4, 0.5) is 0 Å². The van der Waals surface area contributed by atoms with Crippen LogP contribution in [0.1, 0.15) is 55.2 Å². The average Bonchev–Trinajstić information content (AvgIpc) is 3.23. The van der Waals surface area contributed by atoms with E-state index in [0.29, 0.717) is 48.6 Å². The molecule has 1 aliphatic heterocycles. The molecule has 0 radical (unpaired) electrons. The van der Waals surface area contributed by atoms with E-state index in [2.05, 4.69) is 24.0 Å². The molecule has 0 saturated carbocycles. The molecule has 1 aromatic carbocycles. The first-order chi connectivity index (χ1) is 15.1. The Labute approximate surface area is 183 Å². The molecule has 4 rings (SSSR count). The number of piperidine rings is 1. The van der Waals surface area contributed by atoms with Gasteiger partial charge in [0, 0.05) is 30.8 Å². The lowest BCUT2D eigenvalue weighted by Crippen LogP contribution is -2.38. The van der Waals surface area contributed by atoms with Gasteiger partial charge >= 0.3 is 0 Å². The Bertz CT molecular complexity index is 1040. The summed E-state index contributed by atoms with van der Waals surface area (Å²) in [5.41, 5.74) is 1.48. The van der Waals surface area contributed by atoms with Crippen LogP contribution in [0.25, 0.3) is 5.65 Å². The van der Waals surface area contributed by atoms with Crippen molar-refractivity contribution in [2.45, 2.75) is 39.0 Å². The first-order valence-corrected chi connectivity index (χ1v) is 11.0. The maximum atomic E-state index is 13.1. The fraction of sp³-hybridized carbons (Fsp3) is 0.458. The van der Waals surface area contributed by atoms with E-state index in [-0.39, 0.29) is 5.91 Å². The van der Waals surface area contributed by atoms with Crippen molar-refractivity contribution in [1.29, 1.82) is 0 Å². The Hall–Kier alpha value is -3.09. The molecule has 1 aliphatic rings. The van der Waals surface area contributed by atoms with Gasteiger partial charge in [0.1, 0.15) is 5.82 Å². The first kappa shape index (κ1) is 21.2. The van der Waals surface area contributed by atoms with Crippen LogP contribution in [0.5, 0.6) is 11.5 Å². The number of pyridine rings is 1. The second-order valence-corrected chi connectivity index (χ2v) is 8.45. The van der Waals surface area contributed by atoms with Gasteiger partial charge in [0.05, 0.1) is 13.7 Å². The number of likely N-dealkylation sites (tertiary alicyclic amines) is 1. The van der Waals surface area contributed by atoms with E-state index in [0.717, 1.165) is 30.7 Å². The van der Waals surface area contributed by atoms with Gasteiger partial charge in [-0.25, -0.2) is 0 Å². The molecule has 7 heteroatoms. The Kier molecular flexibility index (Phi) is 6.39. The largest absolute Gasteiger partial charge is 0.493 e. The summed E-state index contributed by atoms with van der Waals surface area (Å²) in [5, 5.41) is 8.65. The van der Waals surface area contributed by atoms with E-state index in [9.17, 15) is 4.79 Å². The van der Waals surface area contributed by atoms with Gasteiger partial charge in [0.25, 0.3) is 5.91 Å². The molecule has 3 heterocycles. The summed E-state index contributed by atoms with van der Waals surface area (Å²) in [5.74, 6) is 3.15. The fourth-order valence-corrected chi connectivity index (χ4v) is 3.99. The molecule has 1 fully saturated rings. The number of hydrogen-bond donors (Lipinski definition) is 0. The number of carbonyl (C=O) groups excluding carboxylic acids is 1. The third kappa shape index (κ3) is 4.65. The molecule has 0 spiro atoms. The molecule has 2 aromatic heterocycles. The van der Waals surface area contributed by atoms with Gasteiger partial charge in [0.15, 0.2) is 17.1 Å². The smallest absolute Gasteiger partial charge is 0.253 e. The van der Waals surface area contributed by atoms with Crippen LogP contribution < -0.4 is 9.47 Å². The van der Waals surface area contributed by atoms with Crippen molar-refractivity contribution in [3.63, 3.8) is 0 Å². The summed E-state index contributed by atoms with van der Waals surface area (Å²) in [6, 6.07) is 11.4. The molecule has 0 N–H and O–H groups in total. The molecule has 1 amide bonds. The van der Waals surface area contributed by atoms with Crippen molar-refractivity contribution in [2.75, 3.05) is 26.8 Å². The Morgan fingerprint density at radius 3 is 2.68 bits per heavy atom. The number of carbonyl (C=O) groups is 1. The zero-order valence-electron chi connectivity index (χ0n) is 18.5. The van der Waals surface area contributed by atoms with E-state index >= 15 is 0 Å². The number of benzene rings is 1. The number of ether oxygens (including phenoxy) is 2. The van der Waals surface area contributed by atoms with Crippen molar-refractivity contribution >= 4 is 11.6 Å². The predicted octanol–water partition coefficient (Wildman–Crippen LogP) is 4.18. The van der Waals surface area contributed by atoms with Gasteiger partial charge in [-0.1, -0.05) is 19.9 Å². The van der Waals surface area contributed by atoms with Gasteiger partial charge in [-0.3, -0.25) is 9.20 Å². The first-order valence-electron chi connectivity index (χ1n) is 11.0. The Balaban J connectivity index is 1.40. The highest BCUT2D eigenvalue weighted by Crippen LogP contribution is 2.31. The summed E-state index contributed by atoms with van der Waals surface area (Å²) in [4.78, 5) is 15.0. The van der Waals surface area contributed by atoms with Crippen LogP contribution in [-0.4, -0.2) is 52.2 Å². The van der Waals surface area contributed by atoms with Crippen LogP contribution in [0, 0.1) is 5.92 Å². The predicted molar refractivity (Wildman–Crippen MR) is 119 cm³/mol. The minimum absolute atomic E-state index is 0.0246. The summed E-state index contributed by atoms with van der Waals surface area (Å²) < 4.78 is 13.4. The van der Waals surface area contributed by atoms with Gasteiger partial charge in [-0.15, -0.1) is 10.2 Å². The quantitative estimate of drug-likeness (QED) is 0.571. The molecule has 1 saturated heterocycles. The summed E-state index contributed by atoms with van der Waals surface area (Å²) in [6.07, 6.45) is 4.71. The standard InChI is InChI=1S/C24H30N4O3/c1-17(2)11-15-31-20-8-7-19(16-21(20)30-3)24(29)27-13-9-18(10-14-27)23-26-25-22-6-4-5-12-28(22)23/h4-8,12,16-18H,9-11,13-15H2,1-3H3. The molecule has 0 bridgehead atoms. The van der Waals surface area contributed by atoms with E-state index in [1.165, 1.54) is 0 Å². The van der Waals surface area contributed by atoms with E-state index < -0.39 is 0 Å². The third-order valence-electron chi connectivity index (χ3n) is 5.85. The normalized spacial score (nSPS) is 14.9. The Morgan fingerprint density at radius 1 is 1.13 bits per heavy atom. The summed E-state index contributed by atoms with van der Waals surface area (Å²) in [6.45, 7) is 6.35. The molecule has 0 atom stereocenters. The van der Waals surface area contributed by atoms with E-state index in [1.807, 2.05) is 45.8 Å². The molecule has 31 heavy (non-hydrogen) atoms. The molecule has 0 aliphatic carbocycles. The molecule has 0 unspecified atom stereocenters. The van der Waals surface area contributed by atoms with E-state index in [4.69, 9.17) is 9.47 Å². The van der Waals surface area contributed by atoms with Gasteiger partial charge in [-0.05, 0) is 55.5 Å².